The number of aromatic nitrogens is 2. The van der Waals surface area contributed by atoms with Gasteiger partial charge in [0.05, 0.1) is 54.9 Å². The van der Waals surface area contributed by atoms with Crippen LogP contribution in [0.3, 0.4) is 0 Å². The quantitative estimate of drug-likeness (QED) is 0.375. The van der Waals surface area contributed by atoms with Crippen LogP contribution < -0.4 is 15.4 Å². The molecule has 0 spiro atoms. The Morgan fingerprint density at radius 1 is 1.15 bits per heavy atom. The predicted octanol–water partition coefficient (Wildman–Crippen LogP) is 4.23. The number of hydrogen-bond donors (Lipinski definition) is 2. The third-order valence-electron chi connectivity index (χ3n) is 7.13. The molecule has 0 aliphatic carbocycles. The molecule has 1 aromatic heterocycles. The molecule has 0 saturated carbocycles. The maximum absolute atomic E-state index is 15.0. The Morgan fingerprint density at radius 3 is 2.68 bits per heavy atom. The van der Waals surface area contributed by atoms with Crippen molar-refractivity contribution in [2.45, 2.75) is 24.7 Å². The first-order valence-corrected chi connectivity index (χ1v) is 13.7. The van der Waals surface area contributed by atoms with Gasteiger partial charge in [-0.25, -0.2) is 18.7 Å². The van der Waals surface area contributed by atoms with Crippen LogP contribution in [0.1, 0.15) is 6.42 Å². The standard InChI is InChI=1S/C28H28ClF2N5O5/c29-19-9-16(1-2-20(19)30)34-27-18-10-23(24(11-22(18)32-15-33-27)41-17-4-6-38-14-17)35-28(37)21(31)3-5-36-12-25-26(13-36)40-8-7-39-25/h1-3,9-11,15,17,25-26H,4-8,12-14H2,(H,35,37)(H,32,33,34)/t17?,25-,26+. The van der Waals surface area contributed by atoms with Crippen LogP contribution in [0.2, 0.25) is 5.02 Å². The number of rotatable bonds is 8. The maximum Gasteiger partial charge on any atom is 0.284 e. The van der Waals surface area contributed by atoms with E-state index in [2.05, 4.69) is 20.6 Å². The third-order valence-corrected chi connectivity index (χ3v) is 7.42. The van der Waals surface area contributed by atoms with Gasteiger partial charge in [0, 0.05) is 43.2 Å². The van der Waals surface area contributed by atoms with Crippen molar-refractivity contribution in [1.82, 2.24) is 14.9 Å². The Labute approximate surface area is 239 Å². The van der Waals surface area contributed by atoms with E-state index in [1.807, 2.05) is 4.90 Å². The number of ether oxygens (including phenoxy) is 4. The van der Waals surface area contributed by atoms with E-state index < -0.39 is 17.6 Å². The van der Waals surface area contributed by atoms with E-state index in [0.717, 1.165) is 0 Å². The van der Waals surface area contributed by atoms with Crippen molar-refractivity contribution in [3.63, 3.8) is 0 Å². The first-order valence-electron chi connectivity index (χ1n) is 13.3. The summed E-state index contributed by atoms with van der Waals surface area (Å²) in [4.78, 5) is 23.6. The summed E-state index contributed by atoms with van der Waals surface area (Å²) in [6, 6.07) is 7.45. The molecule has 1 amide bonds. The van der Waals surface area contributed by atoms with Crippen LogP contribution in [0, 0.1) is 5.82 Å². The van der Waals surface area contributed by atoms with Crippen LogP contribution in [-0.2, 0) is 19.0 Å². The van der Waals surface area contributed by atoms with E-state index in [0.29, 0.717) is 74.1 Å². The molecule has 13 heteroatoms. The predicted molar refractivity (Wildman–Crippen MR) is 148 cm³/mol. The van der Waals surface area contributed by atoms with Crippen molar-refractivity contribution in [2.24, 2.45) is 0 Å². The van der Waals surface area contributed by atoms with E-state index in [9.17, 15) is 9.18 Å². The number of anilines is 3. The first kappa shape index (κ1) is 27.7. The molecule has 10 nitrogen and oxygen atoms in total. The zero-order valence-corrected chi connectivity index (χ0v) is 22.7. The summed E-state index contributed by atoms with van der Waals surface area (Å²) in [6.07, 6.45) is 2.97. The largest absolute Gasteiger partial charge is 0.486 e. The monoisotopic (exact) mass is 587 g/mol. The Kier molecular flexibility index (Phi) is 8.26. The van der Waals surface area contributed by atoms with Gasteiger partial charge >= 0.3 is 0 Å². The average molecular weight is 588 g/mol. The van der Waals surface area contributed by atoms with Crippen LogP contribution >= 0.6 is 11.6 Å². The van der Waals surface area contributed by atoms with Crippen LogP contribution in [0.5, 0.6) is 5.75 Å². The van der Waals surface area contributed by atoms with Crippen LogP contribution in [0.25, 0.3) is 10.9 Å². The summed E-state index contributed by atoms with van der Waals surface area (Å²) < 4.78 is 51.6. The number of hydrogen-bond acceptors (Lipinski definition) is 9. The molecular formula is C28H28ClF2N5O5. The van der Waals surface area contributed by atoms with E-state index in [-0.39, 0.29) is 35.6 Å². The molecule has 3 atom stereocenters. The second-order valence-corrected chi connectivity index (χ2v) is 10.4. The number of likely N-dealkylation sites (tertiary alicyclic amines) is 1. The zero-order valence-electron chi connectivity index (χ0n) is 21.9. The molecule has 0 radical (unpaired) electrons. The zero-order chi connectivity index (χ0) is 28.3. The number of carbonyl (C=O) groups excluding carboxylic acids is 1. The van der Waals surface area contributed by atoms with Gasteiger partial charge < -0.3 is 29.6 Å². The highest BCUT2D eigenvalue weighted by molar-refractivity contribution is 6.31. The Balaban J connectivity index is 1.24. The topological polar surface area (TPSA) is 107 Å². The minimum atomic E-state index is -0.930. The molecule has 3 aliphatic rings. The van der Waals surface area contributed by atoms with Gasteiger partial charge in [-0.1, -0.05) is 11.6 Å². The Bertz CT molecular complexity index is 1460. The van der Waals surface area contributed by atoms with Crippen molar-refractivity contribution < 1.29 is 32.5 Å². The van der Waals surface area contributed by atoms with Crippen molar-refractivity contribution in [3.05, 3.63) is 59.4 Å². The molecule has 1 unspecified atom stereocenters. The van der Waals surface area contributed by atoms with Gasteiger partial charge in [0.15, 0.2) is 5.83 Å². The Hall–Kier alpha value is -3.42. The van der Waals surface area contributed by atoms with E-state index >= 15 is 4.39 Å². The minimum absolute atomic E-state index is 0.0399. The van der Waals surface area contributed by atoms with Crippen LogP contribution in [0.15, 0.2) is 48.6 Å². The van der Waals surface area contributed by atoms with Gasteiger partial charge in [0.1, 0.15) is 29.8 Å². The molecular weight excluding hydrogens is 560 g/mol. The van der Waals surface area contributed by atoms with Crippen molar-refractivity contribution in [3.8, 4) is 5.75 Å². The fourth-order valence-electron chi connectivity index (χ4n) is 5.05. The lowest BCUT2D eigenvalue weighted by Gasteiger charge is -2.24. The number of amides is 1. The summed E-state index contributed by atoms with van der Waals surface area (Å²) in [5.74, 6) is -1.70. The van der Waals surface area contributed by atoms with Crippen LogP contribution in [-0.4, -0.2) is 85.1 Å². The molecule has 41 heavy (non-hydrogen) atoms. The van der Waals surface area contributed by atoms with Gasteiger partial charge in [-0.2, -0.15) is 0 Å². The number of nitrogens with one attached hydrogen (secondary N) is 2. The van der Waals surface area contributed by atoms with E-state index in [1.165, 1.54) is 30.6 Å². The van der Waals surface area contributed by atoms with Gasteiger partial charge in [0.25, 0.3) is 5.91 Å². The normalized spacial score (nSPS) is 23.0. The smallest absolute Gasteiger partial charge is 0.284 e. The number of carbonyl (C=O) groups is 1. The molecule has 3 fully saturated rings. The second-order valence-electron chi connectivity index (χ2n) is 9.99. The summed E-state index contributed by atoms with van der Waals surface area (Å²) >= 11 is 5.93. The molecule has 3 aliphatic heterocycles. The number of fused-ring (bicyclic) bond motifs is 2. The van der Waals surface area contributed by atoms with Crippen molar-refractivity contribution >= 4 is 45.6 Å². The molecule has 3 saturated heterocycles. The molecule has 6 rings (SSSR count). The number of nitrogens with zero attached hydrogens (tertiary/aromatic N) is 3. The summed E-state index contributed by atoms with van der Waals surface area (Å²) in [6.45, 7) is 3.50. The van der Waals surface area contributed by atoms with Gasteiger partial charge in [-0.3, -0.25) is 9.69 Å². The molecule has 4 heterocycles. The molecule has 2 aromatic carbocycles. The molecule has 2 N–H and O–H groups in total. The Morgan fingerprint density at radius 2 is 1.95 bits per heavy atom. The van der Waals surface area contributed by atoms with Crippen LogP contribution in [0.4, 0.5) is 26.0 Å². The lowest BCUT2D eigenvalue weighted by Crippen LogP contribution is -2.36. The lowest BCUT2D eigenvalue weighted by molar-refractivity contribution is -0.116. The minimum Gasteiger partial charge on any atom is -0.486 e. The van der Waals surface area contributed by atoms with Crippen molar-refractivity contribution in [2.75, 3.05) is 56.7 Å². The fraction of sp³-hybridized carbons (Fsp3) is 0.393. The van der Waals surface area contributed by atoms with Crippen molar-refractivity contribution in [1.29, 1.82) is 0 Å². The van der Waals surface area contributed by atoms with E-state index in [1.54, 1.807) is 12.1 Å². The average Bonchev–Trinajstić information content (AvgIpc) is 3.64. The number of halogens is 3. The van der Waals surface area contributed by atoms with Gasteiger partial charge in [-0.15, -0.1) is 0 Å². The molecule has 216 valence electrons. The SMILES string of the molecule is O=C(Nc1cc2c(Nc3ccc(F)c(Cl)c3)ncnc2cc1OC1CCOC1)C(F)=CCN1C[C@@H]2OCCO[C@@H]2C1. The van der Waals surface area contributed by atoms with E-state index in [4.69, 9.17) is 30.5 Å². The lowest BCUT2D eigenvalue weighted by atomic mass is 10.1. The second kappa shape index (κ2) is 12.2. The highest BCUT2D eigenvalue weighted by atomic mass is 35.5. The van der Waals surface area contributed by atoms with Gasteiger partial charge in [-0.05, 0) is 30.3 Å². The third kappa shape index (κ3) is 6.41. The fourth-order valence-corrected chi connectivity index (χ4v) is 5.23. The maximum atomic E-state index is 15.0. The molecule has 0 bridgehead atoms. The summed E-state index contributed by atoms with van der Waals surface area (Å²) in [5, 5.41) is 6.20. The highest BCUT2D eigenvalue weighted by Crippen LogP contribution is 2.35. The van der Waals surface area contributed by atoms with Gasteiger partial charge in [0.2, 0.25) is 0 Å². The number of benzene rings is 2. The molecule has 3 aromatic rings. The highest BCUT2D eigenvalue weighted by Gasteiger charge is 2.36. The summed E-state index contributed by atoms with van der Waals surface area (Å²) in [5.41, 5.74) is 1.25. The summed E-state index contributed by atoms with van der Waals surface area (Å²) in [7, 11) is 0. The first-order chi connectivity index (χ1) is 19.9.